The number of nitrogens with one attached hydrogen (secondary N) is 2. The maximum Gasteiger partial charge on any atom is 0.236 e. The molecule has 0 saturated carbocycles. The van der Waals surface area contributed by atoms with Crippen LogP contribution in [0.1, 0.15) is 25.5 Å². The lowest BCUT2D eigenvalue weighted by molar-refractivity contribution is -0.130. The van der Waals surface area contributed by atoms with Crippen molar-refractivity contribution in [3.63, 3.8) is 0 Å². The SMILES string of the molecule is CCOc1cccc2c1O[C@]1(C)[C@@H](C(=O)Nc3ccc(OC)cc3)[C@@H]2NC(=S)N1c1ccccc1. The van der Waals surface area contributed by atoms with Crippen LogP contribution in [0.4, 0.5) is 11.4 Å². The first kappa shape index (κ1) is 23.0. The number of hydrogen-bond acceptors (Lipinski definition) is 5. The molecular formula is C27H27N3O4S. The van der Waals surface area contributed by atoms with Gasteiger partial charge in [0.1, 0.15) is 11.7 Å². The van der Waals surface area contributed by atoms with Crippen molar-refractivity contribution in [1.82, 2.24) is 5.32 Å². The first-order valence-corrected chi connectivity index (χ1v) is 11.9. The predicted molar refractivity (Wildman–Crippen MR) is 139 cm³/mol. The molecule has 180 valence electrons. The number of para-hydroxylation sites is 2. The Morgan fingerprint density at radius 3 is 2.54 bits per heavy atom. The Morgan fingerprint density at radius 1 is 1.11 bits per heavy atom. The van der Waals surface area contributed by atoms with Gasteiger partial charge in [0.2, 0.25) is 5.91 Å². The van der Waals surface area contributed by atoms with Crippen molar-refractivity contribution in [2.45, 2.75) is 25.6 Å². The molecule has 0 spiro atoms. The van der Waals surface area contributed by atoms with Crippen LogP contribution >= 0.6 is 12.2 Å². The molecule has 2 N–H and O–H groups in total. The van der Waals surface area contributed by atoms with Gasteiger partial charge in [-0.25, -0.2) is 0 Å². The van der Waals surface area contributed by atoms with Crippen LogP contribution in [0.25, 0.3) is 0 Å². The highest BCUT2D eigenvalue weighted by atomic mass is 32.1. The Labute approximate surface area is 210 Å². The zero-order valence-corrected chi connectivity index (χ0v) is 20.6. The number of nitrogens with zero attached hydrogens (tertiary/aromatic N) is 1. The molecule has 2 aliphatic rings. The van der Waals surface area contributed by atoms with Crippen LogP contribution in [-0.2, 0) is 4.79 Å². The molecule has 2 aliphatic heterocycles. The van der Waals surface area contributed by atoms with Crippen molar-refractivity contribution < 1.29 is 19.0 Å². The van der Waals surface area contributed by atoms with Crippen LogP contribution < -0.4 is 29.7 Å². The van der Waals surface area contributed by atoms with E-state index in [9.17, 15) is 4.79 Å². The summed E-state index contributed by atoms with van der Waals surface area (Å²) < 4.78 is 17.8. The van der Waals surface area contributed by atoms with Crippen LogP contribution in [0, 0.1) is 5.92 Å². The number of amides is 1. The van der Waals surface area contributed by atoms with Crippen LogP contribution in [-0.4, -0.2) is 30.5 Å². The molecule has 3 atom stereocenters. The molecule has 0 radical (unpaired) electrons. The maximum atomic E-state index is 13.9. The molecule has 7 nitrogen and oxygen atoms in total. The first-order valence-electron chi connectivity index (χ1n) is 11.5. The number of anilines is 2. The van der Waals surface area contributed by atoms with E-state index in [1.807, 2.05) is 91.5 Å². The van der Waals surface area contributed by atoms with Crippen molar-refractivity contribution in [3.8, 4) is 17.2 Å². The van der Waals surface area contributed by atoms with E-state index in [0.29, 0.717) is 34.7 Å². The molecular weight excluding hydrogens is 462 g/mol. The molecule has 1 fully saturated rings. The minimum atomic E-state index is -1.12. The van der Waals surface area contributed by atoms with Crippen LogP contribution in [0.5, 0.6) is 17.2 Å². The van der Waals surface area contributed by atoms with Crippen LogP contribution in [0.15, 0.2) is 72.8 Å². The molecule has 1 amide bonds. The Morgan fingerprint density at radius 2 is 1.86 bits per heavy atom. The number of carbonyl (C=O) groups is 1. The van der Waals surface area contributed by atoms with E-state index in [4.69, 9.17) is 26.4 Å². The molecule has 8 heteroatoms. The highest BCUT2D eigenvalue weighted by Gasteiger charge is 2.59. The van der Waals surface area contributed by atoms with E-state index in [2.05, 4.69) is 10.6 Å². The fourth-order valence-corrected chi connectivity index (χ4v) is 5.31. The summed E-state index contributed by atoms with van der Waals surface area (Å²) in [6, 6.07) is 22.3. The van der Waals surface area contributed by atoms with E-state index in [-0.39, 0.29) is 5.91 Å². The smallest absolute Gasteiger partial charge is 0.236 e. The highest BCUT2D eigenvalue weighted by Crippen LogP contribution is 2.52. The second kappa shape index (κ2) is 9.11. The lowest BCUT2D eigenvalue weighted by Crippen LogP contribution is -2.72. The molecule has 1 saturated heterocycles. The summed E-state index contributed by atoms with van der Waals surface area (Å²) in [5, 5.41) is 6.97. The van der Waals surface area contributed by atoms with Crippen molar-refractivity contribution in [3.05, 3.63) is 78.4 Å². The normalized spacial score (nSPS) is 22.4. The Bertz CT molecular complexity index is 1250. The van der Waals surface area contributed by atoms with Gasteiger partial charge < -0.3 is 24.8 Å². The van der Waals surface area contributed by atoms with E-state index >= 15 is 0 Å². The minimum absolute atomic E-state index is 0.189. The molecule has 2 heterocycles. The van der Waals surface area contributed by atoms with Gasteiger partial charge >= 0.3 is 0 Å². The van der Waals surface area contributed by atoms with Gasteiger partial charge in [0, 0.05) is 16.9 Å². The summed E-state index contributed by atoms with van der Waals surface area (Å²) in [5.74, 6) is 1.14. The Hall–Kier alpha value is -3.78. The highest BCUT2D eigenvalue weighted by molar-refractivity contribution is 7.80. The lowest BCUT2D eigenvalue weighted by atomic mass is 9.78. The largest absolute Gasteiger partial charge is 0.497 e. The second-order valence-electron chi connectivity index (χ2n) is 8.56. The van der Waals surface area contributed by atoms with Gasteiger partial charge in [-0.2, -0.15) is 0 Å². The third-order valence-electron chi connectivity index (χ3n) is 6.44. The first-order chi connectivity index (χ1) is 17.0. The summed E-state index contributed by atoms with van der Waals surface area (Å²) in [5.41, 5.74) is 1.20. The average molecular weight is 490 g/mol. The molecule has 2 bridgehead atoms. The molecule has 0 aliphatic carbocycles. The number of fused-ring (bicyclic) bond motifs is 4. The van der Waals surface area contributed by atoms with Gasteiger partial charge in [0.15, 0.2) is 22.3 Å². The zero-order valence-electron chi connectivity index (χ0n) is 19.8. The summed E-state index contributed by atoms with van der Waals surface area (Å²) in [7, 11) is 1.61. The topological polar surface area (TPSA) is 72.1 Å². The number of ether oxygens (including phenoxy) is 3. The summed E-state index contributed by atoms with van der Waals surface area (Å²) >= 11 is 5.80. The number of benzene rings is 3. The van der Waals surface area contributed by atoms with Crippen molar-refractivity contribution in [2.24, 2.45) is 5.92 Å². The third kappa shape index (κ3) is 3.93. The van der Waals surface area contributed by atoms with Gasteiger partial charge in [0.05, 0.1) is 19.8 Å². The Balaban J connectivity index is 1.61. The number of rotatable bonds is 6. The van der Waals surface area contributed by atoms with Gasteiger partial charge in [-0.3, -0.25) is 9.69 Å². The Kier molecular flexibility index (Phi) is 5.98. The minimum Gasteiger partial charge on any atom is -0.497 e. The van der Waals surface area contributed by atoms with E-state index in [0.717, 1.165) is 11.3 Å². The molecule has 0 unspecified atom stereocenters. The summed E-state index contributed by atoms with van der Waals surface area (Å²) in [6.45, 7) is 4.33. The van der Waals surface area contributed by atoms with Crippen molar-refractivity contribution in [1.29, 1.82) is 0 Å². The molecule has 5 rings (SSSR count). The van der Waals surface area contributed by atoms with Crippen LogP contribution in [0.2, 0.25) is 0 Å². The molecule has 35 heavy (non-hydrogen) atoms. The summed E-state index contributed by atoms with van der Waals surface area (Å²) in [4.78, 5) is 15.8. The zero-order chi connectivity index (χ0) is 24.6. The number of hydrogen-bond donors (Lipinski definition) is 2. The van der Waals surface area contributed by atoms with Gasteiger partial charge in [-0.05, 0) is 68.5 Å². The molecule has 3 aromatic rings. The molecule has 3 aromatic carbocycles. The summed E-state index contributed by atoms with van der Waals surface area (Å²) in [6.07, 6.45) is 0. The number of thiocarbonyl (C=S) groups is 1. The van der Waals surface area contributed by atoms with Gasteiger partial charge in [-0.1, -0.05) is 30.3 Å². The van der Waals surface area contributed by atoms with Gasteiger partial charge in [-0.15, -0.1) is 0 Å². The van der Waals surface area contributed by atoms with Crippen molar-refractivity contribution in [2.75, 3.05) is 23.9 Å². The fraction of sp³-hybridized carbons (Fsp3) is 0.259. The lowest BCUT2D eigenvalue weighted by Gasteiger charge is -2.56. The average Bonchev–Trinajstić information content (AvgIpc) is 2.85. The quantitative estimate of drug-likeness (QED) is 0.478. The monoisotopic (exact) mass is 489 g/mol. The fourth-order valence-electron chi connectivity index (χ4n) is 4.90. The van der Waals surface area contributed by atoms with Gasteiger partial charge in [0.25, 0.3) is 0 Å². The third-order valence-corrected chi connectivity index (χ3v) is 6.74. The van der Waals surface area contributed by atoms with E-state index in [1.54, 1.807) is 7.11 Å². The second-order valence-corrected chi connectivity index (χ2v) is 8.94. The van der Waals surface area contributed by atoms with E-state index < -0.39 is 17.7 Å². The number of methoxy groups -OCH3 is 1. The molecule has 0 aromatic heterocycles. The maximum absolute atomic E-state index is 13.9. The van der Waals surface area contributed by atoms with E-state index in [1.165, 1.54) is 0 Å². The number of carbonyl (C=O) groups excluding carboxylic acids is 1. The van der Waals surface area contributed by atoms with Crippen molar-refractivity contribution >= 4 is 34.6 Å². The standard InChI is InChI=1S/C27H27N3O4S/c1-4-33-21-12-8-11-20-23-22(25(31)28-17-13-15-19(32-3)16-14-17)27(2,34-24(20)21)30(26(35)29-23)18-9-6-5-7-10-18/h5-16,22-23H,4H2,1-3H3,(H,28,31)(H,29,35)/t22-,23-,27-/m1/s1. The predicted octanol–water partition coefficient (Wildman–Crippen LogP) is 4.89. The van der Waals surface area contributed by atoms with Crippen LogP contribution in [0.3, 0.4) is 0 Å².